The molecule has 0 aliphatic heterocycles. The van der Waals surface area contributed by atoms with Crippen LogP contribution in [0.5, 0.6) is 5.75 Å². The van der Waals surface area contributed by atoms with Crippen molar-refractivity contribution in [2.75, 3.05) is 5.32 Å². The number of anilines is 1. The second kappa shape index (κ2) is 5.13. The Labute approximate surface area is 121 Å². The minimum absolute atomic E-state index is 0.133. The topological polar surface area (TPSA) is 45.2 Å². The smallest absolute Gasteiger partial charge is 0.115 e. The first kappa shape index (κ1) is 12.9. The molecule has 1 aromatic heterocycles. The summed E-state index contributed by atoms with van der Waals surface area (Å²) in [6, 6.07) is 13.7. The van der Waals surface area contributed by atoms with Crippen LogP contribution < -0.4 is 5.32 Å². The molecule has 3 nitrogen and oxygen atoms in total. The summed E-state index contributed by atoms with van der Waals surface area (Å²) in [4.78, 5) is 4.46. The van der Waals surface area contributed by atoms with Crippen molar-refractivity contribution in [2.45, 2.75) is 19.9 Å². The second-order valence-electron chi connectivity index (χ2n) is 4.88. The van der Waals surface area contributed by atoms with Crippen LogP contribution in [0.1, 0.15) is 23.5 Å². The lowest BCUT2D eigenvalue weighted by atomic mass is 10.1. The molecule has 2 N–H and O–H groups in total. The van der Waals surface area contributed by atoms with Gasteiger partial charge in [0.1, 0.15) is 5.75 Å². The standard InChI is InChI=1S/C16H16N2OS/c1-10(12-4-3-5-14(19)8-12)17-13-6-7-15-16(9-13)20-11(2)18-15/h3-10,17,19H,1-2H3. The molecule has 0 aliphatic rings. The fourth-order valence-electron chi connectivity index (χ4n) is 2.26. The maximum atomic E-state index is 9.54. The van der Waals surface area contributed by atoms with Gasteiger partial charge in [0.2, 0.25) is 0 Å². The Morgan fingerprint density at radius 1 is 1.20 bits per heavy atom. The van der Waals surface area contributed by atoms with Crippen LogP contribution in [0.2, 0.25) is 0 Å². The fraction of sp³-hybridized carbons (Fsp3) is 0.188. The van der Waals surface area contributed by atoms with Crippen LogP contribution in [0.4, 0.5) is 5.69 Å². The van der Waals surface area contributed by atoms with Crippen molar-refractivity contribution in [3.63, 3.8) is 0 Å². The van der Waals surface area contributed by atoms with Gasteiger partial charge in [-0.1, -0.05) is 12.1 Å². The highest BCUT2D eigenvalue weighted by Crippen LogP contribution is 2.27. The summed E-state index contributed by atoms with van der Waals surface area (Å²) in [6.07, 6.45) is 0. The molecule has 102 valence electrons. The van der Waals surface area contributed by atoms with Gasteiger partial charge in [0.05, 0.1) is 15.2 Å². The summed E-state index contributed by atoms with van der Waals surface area (Å²) < 4.78 is 1.19. The normalized spacial score (nSPS) is 12.5. The molecule has 1 heterocycles. The Balaban J connectivity index is 1.85. The van der Waals surface area contributed by atoms with E-state index in [1.807, 2.05) is 31.2 Å². The van der Waals surface area contributed by atoms with Crippen molar-refractivity contribution in [3.05, 3.63) is 53.0 Å². The Hall–Kier alpha value is -2.07. The highest BCUT2D eigenvalue weighted by atomic mass is 32.1. The van der Waals surface area contributed by atoms with E-state index in [0.717, 1.165) is 21.8 Å². The summed E-state index contributed by atoms with van der Waals surface area (Å²) in [5, 5.41) is 14.1. The van der Waals surface area contributed by atoms with Crippen LogP contribution in [-0.4, -0.2) is 10.1 Å². The van der Waals surface area contributed by atoms with Gasteiger partial charge in [-0.2, -0.15) is 0 Å². The molecule has 0 saturated carbocycles. The summed E-state index contributed by atoms with van der Waals surface area (Å²) in [6.45, 7) is 4.10. The predicted octanol–water partition coefficient (Wildman–Crippen LogP) is 4.48. The van der Waals surface area contributed by atoms with E-state index in [2.05, 4.69) is 23.3 Å². The summed E-state index contributed by atoms with van der Waals surface area (Å²) >= 11 is 1.70. The number of nitrogens with one attached hydrogen (secondary N) is 1. The largest absolute Gasteiger partial charge is 0.508 e. The number of nitrogens with zero attached hydrogens (tertiary/aromatic N) is 1. The lowest BCUT2D eigenvalue weighted by Gasteiger charge is -2.16. The Bertz CT molecular complexity index is 751. The summed E-state index contributed by atoms with van der Waals surface area (Å²) in [7, 11) is 0. The molecular formula is C16H16N2OS. The van der Waals surface area contributed by atoms with Gasteiger partial charge in [-0.25, -0.2) is 4.98 Å². The number of benzene rings is 2. The van der Waals surface area contributed by atoms with Crippen molar-refractivity contribution in [2.24, 2.45) is 0 Å². The lowest BCUT2D eigenvalue weighted by Crippen LogP contribution is -2.06. The molecule has 0 fully saturated rings. The summed E-state index contributed by atoms with van der Waals surface area (Å²) in [5.41, 5.74) is 3.17. The van der Waals surface area contributed by atoms with Crippen LogP contribution >= 0.6 is 11.3 Å². The first-order valence-electron chi connectivity index (χ1n) is 6.54. The summed E-state index contributed by atoms with van der Waals surface area (Å²) in [5.74, 6) is 0.296. The molecule has 0 spiro atoms. The minimum atomic E-state index is 0.133. The quantitative estimate of drug-likeness (QED) is 0.745. The van der Waals surface area contributed by atoms with Gasteiger partial charge in [0.25, 0.3) is 0 Å². The maximum Gasteiger partial charge on any atom is 0.115 e. The monoisotopic (exact) mass is 284 g/mol. The molecular weight excluding hydrogens is 268 g/mol. The molecule has 0 saturated heterocycles. The fourth-order valence-corrected chi connectivity index (χ4v) is 3.12. The Morgan fingerprint density at radius 2 is 2.05 bits per heavy atom. The predicted molar refractivity (Wildman–Crippen MR) is 84.5 cm³/mol. The number of aryl methyl sites for hydroxylation is 1. The zero-order chi connectivity index (χ0) is 14.1. The van der Waals surface area contributed by atoms with E-state index >= 15 is 0 Å². The first-order valence-corrected chi connectivity index (χ1v) is 7.36. The number of fused-ring (bicyclic) bond motifs is 1. The van der Waals surface area contributed by atoms with Gasteiger partial charge >= 0.3 is 0 Å². The van der Waals surface area contributed by atoms with Crippen molar-refractivity contribution in [1.82, 2.24) is 4.98 Å². The molecule has 1 unspecified atom stereocenters. The third-order valence-corrected chi connectivity index (χ3v) is 4.18. The maximum absolute atomic E-state index is 9.54. The molecule has 1 atom stereocenters. The highest BCUT2D eigenvalue weighted by molar-refractivity contribution is 7.18. The molecule has 0 aliphatic carbocycles. The van der Waals surface area contributed by atoms with Crippen LogP contribution in [0.15, 0.2) is 42.5 Å². The zero-order valence-electron chi connectivity index (χ0n) is 11.4. The van der Waals surface area contributed by atoms with E-state index in [1.54, 1.807) is 23.5 Å². The van der Waals surface area contributed by atoms with Crippen LogP contribution in [-0.2, 0) is 0 Å². The number of hydrogen-bond acceptors (Lipinski definition) is 4. The number of thiazole rings is 1. The van der Waals surface area contributed by atoms with Crippen LogP contribution in [0.25, 0.3) is 10.2 Å². The molecule has 2 aromatic carbocycles. The number of aromatic nitrogens is 1. The van der Waals surface area contributed by atoms with Crippen molar-refractivity contribution >= 4 is 27.2 Å². The van der Waals surface area contributed by atoms with Gasteiger partial charge in [0, 0.05) is 11.7 Å². The molecule has 0 bridgehead atoms. The average molecular weight is 284 g/mol. The Morgan fingerprint density at radius 3 is 2.85 bits per heavy atom. The Kier molecular flexibility index (Phi) is 3.32. The van der Waals surface area contributed by atoms with Gasteiger partial charge < -0.3 is 10.4 Å². The van der Waals surface area contributed by atoms with Crippen molar-refractivity contribution in [1.29, 1.82) is 0 Å². The minimum Gasteiger partial charge on any atom is -0.508 e. The van der Waals surface area contributed by atoms with E-state index in [4.69, 9.17) is 0 Å². The van der Waals surface area contributed by atoms with Gasteiger partial charge in [-0.05, 0) is 49.7 Å². The number of rotatable bonds is 3. The van der Waals surface area contributed by atoms with E-state index < -0.39 is 0 Å². The number of aromatic hydroxyl groups is 1. The van der Waals surface area contributed by atoms with E-state index in [9.17, 15) is 5.11 Å². The van der Waals surface area contributed by atoms with Crippen molar-refractivity contribution < 1.29 is 5.11 Å². The average Bonchev–Trinajstić information content (AvgIpc) is 2.78. The van der Waals surface area contributed by atoms with E-state index in [0.29, 0.717) is 5.75 Å². The third-order valence-electron chi connectivity index (χ3n) is 3.25. The molecule has 3 rings (SSSR count). The van der Waals surface area contributed by atoms with E-state index in [-0.39, 0.29) is 6.04 Å². The van der Waals surface area contributed by atoms with E-state index in [1.165, 1.54) is 4.70 Å². The SMILES string of the molecule is Cc1nc2ccc(NC(C)c3cccc(O)c3)cc2s1. The number of phenolic OH excluding ortho intramolecular Hbond substituents is 1. The van der Waals surface area contributed by atoms with Gasteiger partial charge in [0.15, 0.2) is 0 Å². The lowest BCUT2D eigenvalue weighted by molar-refractivity contribution is 0.474. The molecule has 3 aromatic rings. The van der Waals surface area contributed by atoms with Gasteiger partial charge in [-0.3, -0.25) is 0 Å². The van der Waals surface area contributed by atoms with Crippen LogP contribution in [0.3, 0.4) is 0 Å². The molecule has 0 radical (unpaired) electrons. The first-order chi connectivity index (χ1) is 9.61. The molecule has 0 amide bonds. The van der Waals surface area contributed by atoms with Crippen molar-refractivity contribution in [3.8, 4) is 5.75 Å². The second-order valence-corrected chi connectivity index (χ2v) is 6.11. The number of hydrogen-bond donors (Lipinski definition) is 2. The zero-order valence-corrected chi connectivity index (χ0v) is 12.2. The van der Waals surface area contributed by atoms with Gasteiger partial charge in [-0.15, -0.1) is 11.3 Å². The molecule has 20 heavy (non-hydrogen) atoms. The highest BCUT2D eigenvalue weighted by Gasteiger charge is 2.07. The van der Waals surface area contributed by atoms with Crippen LogP contribution in [0, 0.1) is 6.92 Å². The molecule has 4 heteroatoms. The third kappa shape index (κ3) is 2.60. The number of phenols is 1.